The molecule has 3 fully saturated rings. The number of nitrogens with zero attached hydrogens (tertiary/aromatic N) is 1. The predicted octanol–water partition coefficient (Wildman–Crippen LogP) is 0.823. The summed E-state index contributed by atoms with van der Waals surface area (Å²) in [5.74, 6) is 0. The highest BCUT2D eigenvalue weighted by molar-refractivity contribution is 5.07. The molecule has 0 aromatic rings. The van der Waals surface area contributed by atoms with Crippen LogP contribution in [0.15, 0.2) is 0 Å². The van der Waals surface area contributed by atoms with Gasteiger partial charge in [-0.2, -0.15) is 0 Å². The summed E-state index contributed by atoms with van der Waals surface area (Å²) in [6.07, 6.45) is 2.12. The SMILES string of the molecule is CN1CCC2(C1)NCC(C)(C)C1(CCOC1)O2. The number of rotatable bonds is 0. The van der Waals surface area contributed by atoms with Crippen molar-refractivity contribution in [3.63, 3.8) is 0 Å². The van der Waals surface area contributed by atoms with Crippen LogP contribution in [-0.4, -0.2) is 56.1 Å². The van der Waals surface area contributed by atoms with Crippen LogP contribution in [0, 0.1) is 5.41 Å². The van der Waals surface area contributed by atoms with E-state index in [0.29, 0.717) is 0 Å². The zero-order valence-corrected chi connectivity index (χ0v) is 11.2. The third-order valence-corrected chi connectivity index (χ3v) is 4.88. The summed E-state index contributed by atoms with van der Waals surface area (Å²) in [6, 6.07) is 0. The topological polar surface area (TPSA) is 33.7 Å². The molecular weight excluding hydrogens is 216 g/mol. The van der Waals surface area contributed by atoms with Gasteiger partial charge in [-0.25, -0.2) is 0 Å². The normalized spacial score (nSPS) is 46.1. The lowest BCUT2D eigenvalue weighted by Crippen LogP contribution is -2.68. The number of likely N-dealkylation sites (tertiary alicyclic amines) is 1. The molecule has 2 spiro atoms. The molecule has 1 N–H and O–H groups in total. The van der Waals surface area contributed by atoms with E-state index in [9.17, 15) is 0 Å². The summed E-state index contributed by atoms with van der Waals surface area (Å²) in [7, 11) is 2.16. The van der Waals surface area contributed by atoms with E-state index in [1.54, 1.807) is 0 Å². The maximum absolute atomic E-state index is 6.59. The maximum atomic E-state index is 6.59. The fraction of sp³-hybridized carbons (Fsp3) is 1.00. The highest BCUT2D eigenvalue weighted by atomic mass is 16.6. The van der Waals surface area contributed by atoms with Crippen LogP contribution in [0.5, 0.6) is 0 Å². The molecule has 0 radical (unpaired) electrons. The number of hydrogen-bond acceptors (Lipinski definition) is 4. The van der Waals surface area contributed by atoms with Crippen molar-refractivity contribution in [2.75, 3.05) is 39.9 Å². The minimum Gasteiger partial charge on any atom is -0.378 e. The standard InChI is InChI=1S/C13H24N2O2/c1-11(2)8-14-13(4-6-15(3)9-13)17-12(11)5-7-16-10-12/h14H,4-10H2,1-3H3. The summed E-state index contributed by atoms with van der Waals surface area (Å²) < 4.78 is 12.2. The van der Waals surface area contributed by atoms with Crippen molar-refractivity contribution >= 4 is 0 Å². The second kappa shape index (κ2) is 3.67. The molecular formula is C13H24N2O2. The smallest absolute Gasteiger partial charge is 0.134 e. The fourth-order valence-electron chi connectivity index (χ4n) is 3.45. The van der Waals surface area contributed by atoms with E-state index in [0.717, 1.165) is 45.7 Å². The van der Waals surface area contributed by atoms with Crippen molar-refractivity contribution in [3.05, 3.63) is 0 Å². The second-order valence-corrected chi connectivity index (χ2v) is 6.62. The van der Waals surface area contributed by atoms with Crippen molar-refractivity contribution in [1.82, 2.24) is 10.2 Å². The average Bonchev–Trinajstić information content (AvgIpc) is 2.84. The van der Waals surface area contributed by atoms with Gasteiger partial charge in [0, 0.05) is 44.5 Å². The van der Waals surface area contributed by atoms with Gasteiger partial charge in [0.25, 0.3) is 0 Å². The van der Waals surface area contributed by atoms with Crippen LogP contribution in [0.1, 0.15) is 26.7 Å². The van der Waals surface area contributed by atoms with Gasteiger partial charge in [-0.15, -0.1) is 0 Å². The first-order chi connectivity index (χ1) is 7.97. The largest absolute Gasteiger partial charge is 0.378 e. The second-order valence-electron chi connectivity index (χ2n) is 6.62. The Hall–Kier alpha value is -0.160. The molecule has 98 valence electrons. The van der Waals surface area contributed by atoms with Crippen molar-refractivity contribution in [3.8, 4) is 0 Å². The highest BCUT2D eigenvalue weighted by Crippen LogP contribution is 2.47. The van der Waals surface area contributed by atoms with Crippen molar-refractivity contribution in [2.24, 2.45) is 5.41 Å². The van der Waals surface area contributed by atoms with Crippen LogP contribution in [0.4, 0.5) is 0 Å². The molecule has 3 rings (SSSR count). The quantitative estimate of drug-likeness (QED) is 0.680. The third kappa shape index (κ3) is 1.73. The molecule has 0 aromatic carbocycles. The Bertz CT molecular complexity index is 313. The van der Waals surface area contributed by atoms with Crippen LogP contribution >= 0.6 is 0 Å². The number of likely N-dealkylation sites (N-methyl/N-ethyl adjacent to an activating group) is 1. The lowest BCUT2D eigenvalue weighted by molar-refractivity contribution is -0.243. The summed E-state index contributed by atoms with van der Waals surface area (Å²) in [5, 5.41) is 3.65. The third-order valence-electron chi connectivity index (χ3n) is 4.88. The molecule has 0 bridgehead atoms. The van der Waals surface area contributed by atoms with Crippen LogP contribution < -0.4 is 5.32 Å². The van der Waals surface area contributed by atoms with E-state index >= 15 is 0 Å². The number of ether oxygens (including phenoxy) is 2. The molecule has 0 aromatic heterocycles. The van der Waals surface area contributed by atoms with Crippen LogP contribution in [-0.2, 0) is 9.47 Å². The number of nitrogens with one attached hydrogen (secondary N) is 1. The molecule has 0 amide bonds. The van der Waals surface area contributed by atoms with E-state index in [4.69, 9.17) is 9.47 Å². The summed E-state index contributed by atoms with van der Waals surface area (Å²) in [6.45, 7) is 9.31. The molecule has 4 nitrogen and oxygen atoms in total. The molecule has 4 heteroatoms. The molecule has 0 aliphatic carbocycles. The molecule has 17 heavy (non-hydrogen) atoms. The lowest BCUT2D eigenvalue weighted by Gasteiger charge is -2.54. The van der Waals surface area contributed by atoms with Crippen molar-refractivity contribution < 1.29 is 9.47 Å². The van der Waals surface area contributed by atoms with Crippen LogP contribution in [0.25, 0.3) is 0 Å². The molecule has 3 aliphatic heterocycles. The molecule has 0 saturated carbocycles. The van der Waals surface area contributed by atoms with E-state index in [1.165, 1.54) is 0 Å². The van der Waals surface area contributed by atoms with Gasteiger partial charge >= 0.3 is 0 Å². The monoisotopic (exact) mass is 240 g/mol. The van der Waals surface area contributed by atoms with Gasteiger partial charge in [-0.3, -0.25) is 5.32 Å². The summed E-state index contributed by atoms with van der Waals surface area (Å²) in [5.41, 5.74) is -0.0582. The van der Waals surface area contributed by atoms with Crippen molar-refractivity contribution in [1.29, 1.82) is 0 Å². The predicted molar refractivity (Wildman–Crippen MR) is 65.9 cm³/mol. The zero-order valence-electron chi connectivity index (χ0n) is 11.2. The Labute approximate surface area is 104 Å². The zero-order chi connectivity index (χ0) is 12.1. The van der Waals surface area contributed by atoms with Gasteiger partial charge in [-0.1, -0.05) is 13.8 Å². The van der Waals surface area contributed by atoms with Gasteiger partial charge in [0.1, 0.15) is 11.3 Å². The van der Waals surface area contributed by atoms with Gasteiger partial charge < -0.3 is 14.4 Å². The summed E-state index contributed by atoms with van der Waals surface area (Å²) >= 11 is 0. The van der Waals surface area contributed by atoms with E-state index in [2.05, 4.69) is 31.1 Å². The van der Waals surface area contributed by atoms with Crippen LogP contribution in [0.2, 0.25) is 0 Å². The Balaban J connectivity index is 1.86. The summed E-state index contributed by atoms with van der Waals surface area (Å²) in [4.78, 5) is 2.34. The minimum atomic E-state index is -0.127. The molecule has 2 atom stereocenters. The fourth-order valence-corrected chi connectivity index (χ4v) is 3.45. The Morgan fingerprint density at radius 3 is 2.65 bits per heavy atom. The van der Waals surface area contributed by atoms with Gasteiger partial charge in [0.05, 0.1) is 6.61 Å². The molecule has 2 unspecified atom stereocenters. The van der Waals surface area contributed by atoms with Gasteiger partial charge in [-0.05, 0) is 7.05 Å². The highest BCUT2D eigenvalue weighted by Gasteiger charge is 2.58. The molecule has 3 saturated heterocycles. The Morgan fingerprint density at radius 1 is 1.24 bits per heavy atom. The minimum absolute atomic E-state index is 0.0799. The number of hydrogen-bond donors (Lipinski definition) is 1. The Kier molecular flexibility index (Phi) is 2.57. The van der Waals surface area contributed by atoms with Gasteiger partial charge in [0.2, 0.25) is 0 Å². The first-order valence-corrected chi connectivity index (χ1v) is 6.69. The van der Waals surface area contributed by atoms with Gasteiger partial charge in [0.15, 0.2) is 0 Å². The maximum Gasteiger partial charge on any atom is 0.134 e. The first kappa shape index (κ1) is 11.9. The Morgan fingerprint density at radius 2 is 2.06 bits per heavy atom. The van der Waals surface area contributed by atoms with E-state index in [-0.39, 0.29) is 16.7 Å². The van der Waals surface area contributed by atoms with E-state index in [1.807, 2.05) is 0 Å². The first-order valence-electron chi connectivity index (χ1n) is 6.69. The lowest BCUT2D eigenvalue weighted by atomic mass is 9.72. The molecule has 3 aliphatic rings. The molecule has 3 heterocycles. The van der Waals surface area contributed by atoms with Crippen molar-refractivity contribution in [2.45, 2.75) is 38.0 Å². The van der Waals surface area contributed by atoms with Crippen LogP contribution in [0.3, 0.4) is 0 Å². The average molecular weight is 240 g/mol. The van der Waals surface area contributed by atoms with E-state index < -0.39 is 0 Å².